The number of benzene rings is 8. The van der Waals surface area contributed by atoms with E-state index in [4.69, 9.17) is 15.0 Å². The second kappa shape index (κ2) is 12.4. The summed E-state index contributed by atoms with van der Waals surface area (Å²) in [5, 5.41) is 0. The van der Waals surface area contributed by atoms with Crippen LogP contribution in [0.2, 0.25) is 0 Å². The first kappa shape index (κ1) is 31.3. The second-order valence-corrected chi connectivity index (χ2v) is 14.3. The van der Waals surface area contributed by atoms with E-state index in [0.29, 0.717) is 17.5 Å². The lowest BCUT2D eigenvalue weighted by Gasteiger charge is -2.32. The Hall–Kier alpha value is -7.23. The minimum absolute atomic E-state index is 0.447. The van der Waals surface area contributed by atoms with Gasteiger partial charge in [0.1, 0.15) is 0 Å². The highest BCUT2D eigenvalue weighted by molar-refractivity contribution is 6.00. The number of fused-ring (bicyclic) bond motifs is 10. The van der Waals surface area contributed by atoms with Gasteiger partial charge in [0, 0.05) is 16.7 Å². The fourth-order valence-corrected chi connectivity index (χ4v) is 9.11. The van der Waals surface area contributed by atoms with Crippen LogP contribution in [0, 0.1) is 0 Å². The Morgan fingerprint density at radius 2 is 0.600 bits per heavy atom. The van der Waals surface area contributed by atoms with Crippen molar-refractivity contribution in [2.24, 2.45) is 0 Å². The molecule has 0 radical (unpaired) electrons. The molecule has 1 heterocycles. The molecule has 2 aliphatic rings. The van der Waals surface area contributed by atoms with Crippen LogP contribution in [0.1, 0.15) is 22.3 Å². The molecule has 0 amide bonds. The van der Waals surface area contributed by atoms with Crippen LogP contribution in [0.4, 0.5) is 0 Å². The Morgan fingerprint density at radius 3 is 1.15 bits per heavy atom. The lowest BCUT2D eigenvalue weighted by atomic mass is 9.68. The number of hydrogen-bond acceptors (Lipinski definition) is 3. The summed E-state index contributed by atoms with van der Waals surface area (Å²) in [6.45, 7) is 0. The average Bonchev–Trinajstić information content (AvgIpc) is 3.74. The first-order chi connectivity index (χ1) is 27.3. The van der Waals surface area contributed by atoms with E-state index < -0.39 is 5.41 Å². The van der Waals surface area contributed by atoms with Gasteiger partial charge in [-0.2, -0.15) is 0 Å². The van der Waals surface area contributed by atoms with Crippen LogP contribution >= 0.6 is 0 Å². The smallest absolute Gasteiger partial charge is 0.164 e. The average molecular weight is 700 g/mol. The van der Waals surface area contributed by atoms with Gasteiger partial charge in [0.05, 0.1) is 5.41 Å². The van der Waals surface area contributed by atoms with Crippen molar-refractivity contribution in [3.63, 3.8) is 0 Å². The summed E-state index contributed by atoms with van der Waals surface area (Å²) in [5.74, 6) is 1.94. The quantitative estimate of drug-likeness (QED) is 0.179. The normalized spacial score (nSPS) is 12.9. The molecule has 0 aliphatic heterocycles. The standard InChI is InChI=1S/C52H33N3/c1-3-17-34(18-4-1)49-53-50(35-19-5-2-6-20-35)55-51(54-49)37-22-15-21-36(33-37)38-23-7-8-24-39(38)43-28-16-29-44-42-27-11-14-32-47(42)52(48(43)44)45-30-12-9-25-40(45)41-26-10-13-31-46(41)52/h1-33H. The third-order valence-corrected chi connectivity index (χ3v) is 11.4. The van der Waals surface area contributed by atoms with Crippen molar-refractivity contribution < 1.29 is 0 Å². The van der Waals surface area contributed by atoms with Crippen LogP contribution in [-0.4, -0.2) is 15.0 Å². The molecule has 1 spiro atoms. The molecule has 3 nitrogen and oxygen atoms in total. The summed E-state index contributed by atoms with van der Waals surface area (Å²) >= 11 is 0. The molecular weight excluding hydrogens is 667 g/mol. The van der Waals surface area contributed by atoms with E-state index in [1.165, 1.54) is 55.6 Å². The Bertz CT molecular complexity index is 2810. The van der Waals surface area contributed by atoms with Gasteiger partial charge in [0.2, 0.25) is 0 Å². The Morgan fingerprint density at radius 1 is 0.255 bits per heavy atom. The topological polar surface area (TPSA) is 38.7 Å². The molecule has 0 unspecified atom stereocenters. The van der Waals surface area contributed by atoms with E-state index >= 15 is 0 Å². The summed E-state index contributed by atoms with van der Waals surface area (Å²) in [6.07, 6.45) is 0. The van der Waals surface area contributed by atoms with Crippen molar-refractivity contribution in [1.82, 2.24) is 15.0 Å². The fraction of sp³-hybridized carbons (Fsp3) is 0.0192. The highest BCUT2D eigenvalue weighted by atomic mass is 15.0. The van der Waals surface area contributed by atoms with Crippen LogP contribution in [0.3, 0.4) is 0 Å². The van der Waals surface area contributed by atoms with Gasteiger partial charge in [0.15, 0.2) is 17.5 Å². The molecule has 55 heavy (non-hydrogen) atoms. The van der Waals surface area contributed by atoms with Crippen molar-refractivity contribution in [2.75, 3.05) is 0 Å². The van der Waals surface area contributed by atoms with E-state index in [0.717, 1.165) is 27.8 Å². The molecule has 1 aromatic heterocycles. The number of aromatic nitrogens is 3. The third kappa shape index (κ3) is 4.73. The van der Waals surface area contributed by atoms with E-state index in [2.05, 4.69) is 140 Å². The summed E-state index contributed by atoms with van der Waals surface area (Å²) in [4.78, 5) is 15.0. The molecule has 2 aliphatic carbocycles. The molecule has 9 aromatic rings. The zero-order valence-electron chi connectivity index (χ0n) is 29.9. The number of rotatable bonds is 5. The maximum atomic E-state index is 5.05. The molecule has 0 fully saturated rings. The van der Waals surface area contributed by atoms with E-state index in [-0.39, 0.29) is 0 Å². The molecule has 0 bridgehead atoms. The van der Waals surface area contributed by atoms with Crippen LogP contribution in [0.15, 0.2) is 200 Å². The molecule has 0 N–H and O–H groups in total. The summed E-state index contributed by atoms with van der Waals surface area (Å²) in [6, 6.07) is 71.6. The molecule has 0 saturated carbocycles. The maximum Gasteiger partial charge on any atom is 0.164 e. The molecule has 11 rings (SSSR count). The first-order valence-electron chi connectivity index (χ1n) is 18.8. The van der Waals surface area contributed by atoms with Gasteiger partial charge in [-0.05, 0) is 72.8 Å². The van der Waals surface area contributed by atoms with Crippen molar-refractivity contribution in [3.8, 4) is 78.7 Å². The van der Waals surface area contributed by atoms with Crippen LogP contribution in [0.5, 0.6) is 0 Å². The zero-order valence-corrected chi connectivity index (χ0v) is 29.9. The fourth-order valence-electron chi connectivity index (χ4n) is 9.11. The molecule has 8 aromatic carbocycles. The van der Waals surface area contributed by atoms with Crippen LogP contribution in [0.25, 0.3) is 78.7 Å². The van der Waals surface area contributed by atoms with Crippen molar-refractivity contribution >= 4 is 0 Å². The Kier molecular flexibility index (Phi) is 7.08. The predicted octanol–water partition coefficient (Wildman–Crippen LogP) is 12.6. The summed E-state index contributed by atoms with van der Waals surface area (Å²) in [7, 11) is 0. The lowest BCUT2D eigenvalue weighted by molar-refractivity contribution is 0.796. The zero-order chi connectivity index (χ0) is 36.3. The van der Waals surface area contributed by atoms with Gasteiger partial charge in [0.25, 0.3) is 0 Å². The van der Waals surface area contributed by atoms with E-state index in [9.17, 15) is 0 Å². The van der Waals surface area contributed by atoms with Crippen molar-refractivity contribution in [3.05, 3.63) is 222 Å². The molecule has 3 heteroatoms. The van der Waals surface area contributed by atoms with Gasteiger partial charge >= 0.3 is 0 Å². The monoisotopic (exact) mass is 699 g/mol. The van der Waals surface area contributed by atoms with Crippen LogP contribution < -0.4 is 0 Å². The van der Waals surface area contributed by atoms with Crippen LogP contribution in [-0.2, 0) is 5.41 Å². The minimum Gasteiger partial charge on any atom is -0.208 e. The number of hydrogen-bond donors (Lipinski definition) is 0. The molecule has 0 atom stereocenters. The number of nitrogens with zero attached hydrogens (tertiary/aromatic N) is 3. The minimum atomic E-state index is -0.447. The van der Waals surface area contributed by atoms with Gasteiger partial charge < -0.3 is 0 Å². The lowest BCUT2D eigenvalue weighted by Crippen LogP contribution is -2.26. The Balaban J connectivity index is 1.12. The highest BCUT2D eigenvalue weighted by Crippen LogP contribution is 2.64. The summed E-state index contributed by atoms with van der Waals surface area (Å²) in [5.41, 5.74) is 17.6. The van der Waals surface area contributed by atoms with E-state index in [1.807, 2.05) is 60.7 Å². The predicted molar refractivity (Wildman–Crippen MR) is 223 cm³/mol. The largest absolute Gasteiger partial charge is 0.208 e. The van der Waals surface area contributed by atoms with Gasteiger partial charge in [-0.15, -0.1) is 0 Å². The van der Waals surface area contributed by atoms with Gasteiger partial charge in [-0.1, -0.05) is 194 Å². The third-order valence-electron chi connectivity index (χ3n) is 11.4. The SMILES string of the molecule is c1ccc(-c2nc(-c3ccccc3)nc(-c3cccc(-c4ccccc4-c4cccc5c4C4(c6ccccc6-c6ccccc64)c4ccccc4-5)c3)n2)cc1. The van der Waals surface area contributed by atoms with Crippen molar-refractivity contribution in [2.45, 2.75) is 5.41 Å². The van der Waals surface area contributed by atoms with E-state index in [1.54, 1.807) is 0 Å². The van der Waals surface area contributed by atoms with Crippen molar-refractivity contribution in [1.29, 1.82) is 0 Å². The molecular formula is C52H33N3. The maximum absolute atomic E-state index is 5.05. The first-order valence-corrected chi connectivity index (χ1v) is 18.8. The Labute approximate surface area is 320 Å². The summed E-state index contributed by atoms with van der Waals surface area (Å²) < 4.78 is 0. The molecule has 256 valence electrons. The second-order valence-electron chi connectivity index (χ2n) is 14.3. The molecule has 0 saturated heterocycles. The highest BCUT2D eigenvalue weighted by Gasteiger charge is 2.52. The van der Waals surface area contributed by atoms with Gasteiger partial charge in [-0.25, -0.2) is 15.0 Å². The van der Waals surface area contributed by atoms with Gasteiger partial charge in [-0.3, -0.25) is 0 Å².